The molecule has 2 atom stereocenters. The van der Waals surface area contributed by atoms with Crippen LogP contribution in [0.3, 0.4) is 0 Å². The standard InChI is InChI=1S/C12H17N3O3/c1-7-4-15(5-9(7)12(16)17)6-10-13-11(18-14-10)8-2-3-8/h7-9H,2-6H2,1H3,(H,16,17). The lowest BCUT2D eigenvalue weighted by molar-refractivity contribution is -0.142. The minimum Gasteiger partial charge on any atom is -0.481 e. The Bertz CT molecular complexity index is 455. The van der Waals surface area contributed by atoms with Gasteiger partial charge in [-0.25, -0.2) is 0 Å². The highest BCUT2D eigenvalue weighted by Gasteiger charge is 2.35. The fraction of sp³-hybridized carbons (Fsp3) is 0.750. The average molecular weight is 251 g/mol. The lowest BCUT2D eigenvalue weighted by Gasteiger charge is -2.11. The molecule has 2 heterocycles. The van der Waals surface area contributed by atoms with Crippen LogP contribution in [0.15, 0.2) is 4.52 Å². The Hall–Kier alpha value is -1.43. The predicted molar refractivity (Wildman–Crippen MR) is 61.8 cm³/mol. The maximum atomic E-state index is 11.0. The summed E-state index contributed by atoms with van der Waals surface area (Å²) < 4.78 is 5.20. The summed E-state index contributed by atoms with van der Waals surface area (Å²) in [6.45, 7) is 3.92. The second-order valence-electron chi connectivity index (χ2n) is 5.44. The highest BCUT2D eigenvalue weighted by molar-refractivity contribution is 5.71. The topological polar surface area (TPSA) is 79.5 Å². The van der Waals surface area contributed by atoms with Gasteiger partial charge in [0.25, 0.3) is 0 Å². The number of hydrogen-bond donors (Lipinski definition) is 1. The summed E-state index contributed by atoms with van der Waals surface area (Å²) in [6, 6.07) is 0. The molecular weight excluding hydrogens is 234 g/mol. The number of carboxylic acid groups (broad SMARTS) is 1. The van der Waals surface area contributed by atoms with Gasteiger partial charge in [0.05, 0.1) is 12.5 Å². The molecule has 2 aliphatic rings. The first-order valence-corrected chi connectivity index (χ1v) is 6.41. The lowest BCUT2D eigenvalue weighted by atomic mass is 9.99. The zero-order valence-electron chi connectivity index (χ0n) is 10.4. The Morgan fingerprint density at radius 1 is 1.50 bits per heavy atom. The minimum atomic E-state index is -0.711. The molecule has 0 aromatic carbocycles. The van der Waals surface area contributed by atoms with E-state index in [0.717, 1.165) is 25.3 Å². The monoisotopic (exact) mass is 251 g/mol. The van der Waals surface area contributed by atoms with Crippen molar-refractivity contribution in [3.63, 3.8) is 0 Å². The fourth-order valence-electron chi connectivity index (χ4n) is 2.55. The SMILES string of the molecule is CC1CN(Cc2noc(C3CC3)n2)CC1C(=O)O. The van der Waals surface area contributed by atoms with Gasteiger partial charge in [0.15, 0.2) is 5.82 Å². The number of carbonyl (C=O) groups is 1. The number of likely N-dealkylation sites (tertiary alicyclic amines) is 1. The maximum absolute atomic E-state index is 11.0. The summed E-state index contributed by atoms with van der Waals surface area (Å²) in [5, 5.41) is 13.0. The molecule has 1 aromatic rings. The lowest BCUT2D eigenvalue weighted by Crippen LogP contribution is -2.23. The molecule has 18 heavy (non-hydrogen) atoms. The summed E-state index contributed by atoms with van der Waals surface area (Å²) >= 11 is 0. The summed E-state index contributed by atoms with van der Waals surface area (Å²) in [4.78, 5) is 17.5. The molecule has 1 N–H and O–H groups in total. The molecule has 3 rings (SSSR count). The third-order valence-electron chi connectivity index (χ3n) is 3.78. The Kier molecular flexibility index (Phi) is 2.81. The van der Waals surface area contributed by atoms with Crippen molar-refractivity contribution in [3.05, 3.63) is 11.7 Å². The van der Waals surface area contributed by atoms with Gasteiger partial charge in [0, 0.05) is 19.0 Å². The summed E-state index contributed by atoms with van der Waals surface area (Å²) in [6.07, 6.45) is 2.28. The Morgan fingerprint density at radius 3 is 2.89 bits per heavy atom. The van der Waals surface area contributed by atoms with Gasteiger partial charge in [0.2, 0.25) is 5.89 Å². The molecule has 1 aromatic heterocycles. The highest BCUT2D eigenvalue weighted by Crippen LogP contribution is 2.38. The van der Waals surface area contributed by atoms with E-state index in [1.54, 1.807) is 0 Å². The van der Waals surface area contributed by atoms with Crippen LogP contribution in [-0.4, -0.2) is 39.2 Å². The van der Waals surface area contributed by atoms with E-state index in [2.05, 4.69) is 15.0 Å². The third kappa shape index (κ3) is 2.25. The van der Waals surface area contributed by atoms with Crippen molar-refractivity contribution >= 4 is 5.97 Å². The molecule has 98 valence electrons. The highest BCUT2D eigenvalue weighted by atomic mass is 16.5. The van der Waals surface area contributed by atoms with Gasteiger partial charge < -0.3 is 9.63 Å². The largest absolute Gasteiger partial charge is 0.481 e. The summed E-state index contributed by atoms with van der Waals surface area (Å²) in [7, 11) is 0. The normalized spacial score (nSPS) is 28.7. The van der Waals surface area contributed by atoms with Crippen molar-refractivity contribution in [3.8, 4) is 0 Å². The molecule has 6 heteroatoms. The number of rotatable bonds is 4. The van der Waals surface area contributed by atoms with E-state index in [-0.39, 0.29) is 11.8 Å². The molecule has 0 bridgehead atoms. The van der Waals surface area contributed by atoms with Gasteiger partial charge in [-0.3, -0.25) is 9.69 Å². The smallest absolute Gasteiger partial charge is 0.308 e. The van der Waals surface area contributed by atoms with Gasteiger partial charge in [-0.15, -0.1) is 0 Å². The minimum absolute atomic E-state index is 0.178. The predicted octanol–water partition coefficient (Wildman–Crippen LogP) is 1.10. The molecule has 1 saturated carbocycles. The van der Waals surface area contributed by atoms with Crippen molar-refractivity contribution in [1.29, 1.82) is 0 Å². The van der Waals surface area contributed by atoms with Crippen molar-refractivity contribution in [2.75, 3.05) is 13.1 Å². The molecule has 2 fully saturated rings. The van der Waals surface area contributed by atoms with Crippen molar-refractivity contribution in [2.24, 2.45) is 11.8 Å². The number of aliphatic carboxylic acids is 1. The number of aromatic nitrogens is 2. The maximum Gasteiger partial charge on any atom is 0.308 e. The molecule has 0 amide bonds. The van der Waals surface area contributed by atoms with E-state index in [0.29, 0.717) is 24.8 Å². The third-order valence-corrected chi connectivity index (χ3v) is 3.78. The first-order valence-electron chi connectivity index (χ1n) is 6.41. The van der Waals surface area contributed by atoms with Crippen molar-refractivity contribution < 1.29 is 14.4 Å². The van der Waals surface area contributed by atoms with E-state index in [1.807, 2.05) is 6.92 Å². The van der Waals surface area contributed by atoms with Crippen LogP contribution in [0.2, 0.25) is 0 Å². The van der Waals surface area contributed by atoms with Crippen molar-refractivity contribution in [2.45, 2.75) is 32.2 Å². The van der Waals surface area contributed by atoms with Crippen LogP contribution in [0.4, 0.5) is 0 Å². The second-order valence-corrected chi connectivity index (χ2v) is 5.44. The fourth-order valence-corrected chi connectivity index (χ4v) is 2.55. The summed E-state index contributed by atoms with van der Waals surface area (Å²) in [5.41, 5.74) is 0. The second kappa shape index (κ2) is 4.35. The zero-order valence-corrected chi connectivity index (χ0v) is 10.4. The first kappa shape index (κ1) is 11.6. The van der Waals surface area contributed by atoms with Crippen LogP contribution in [0, 0.1) is 11.8 Å². The van der Waals surface area contributed by atoms with E-state index in [1.165, 1.54) is 0 Å². The van der Waals surface area contributed by atoms with E-state index in [4.69, 9.17) is 9.63 Å². The van der Waals surface area contributed by atoms with Crippen LogP contribution < -0.4 is 0 Å². The molecule has 1 aliphatic heterocycles. The van der Waals surface area contributed by atoms with E-state index >= 15 is 0 Å². The number of carboxylic acids is 1. The van der Waals surface area contributed by atoms with Gasteiger partial charge in [-0.1, -0.05) is 12.1 Å². The van der Waals surface area contributed by atoms with Gasteiger partial charge in [-0.05, 0) is 18.8 Å². The molecular formula is C12H17N3O3. The van der Waals surface area contributed by atoms with Gasteiger partial charge >= 0.3 is 5.97 Å². The quantitative estimate of drug-likeness (QED) is 0.863. The van der Waals surface area contributed by atoms with Crippen LogP contribution in [0.5, 0.6) is 0 Å². The number of nitrogens with zero attached hydrogens (tertiary/aromatic N) is 3. The molecule has 6 nitrogen and oxygen atoms in total. The summed E-state index contributed by atoms with van der Waals surface area (Å²) in [5.74, 6) is 1.08. The van der Waals surface area contributed by atoms with Crippen LogP contribution in [0.25, 0.3) is 0 Å². The zero-order chi connectivity index (χ0) is 12.7. The van der Waals surface area contributed by atoms with Gasteiger partial charge in [-0.2, -0.15) is 4.98 Å². The van der Waals surface area contributed by atoms with Gasteiger partial charge in [0.1, 0.15) is 0 Å². The molecule has 2 unspecified atom stereocenters. The van der Waals surface area contributed by atoms with E-state index < -0.39 is 5.97 Å². The Labute approximate surface area is 105 Å². The van der Waals surface area contributed by atoms with Crippen LogP contribution in [0.1, 0.15) is 37.4 Å². The number of hydrogen-bond acceptors (Lipinski definition) is 5. The van der Waals surface area contributed by atoms with E-state index in [9.17, 15) is 4.79 Å². The van der Waals surface area contributed by atoms with Crippen LogP contribution in [-0.2, 0) is 11.3 Å². The van der Waals surface area contributed by atoms with Crippen LogP contribution >= 0.6 is 0 Å². The Balaban J connectivity index is 1.61. The molecule has 0 spiro atoms. The molecule has 1 aliphatic carbocycles. The molecule has 1 saturated heterocycles. The Morgan fingerprint density at radius 2 is 2.28 bits per heavy atom. The van der Waals surface area contributed by atoms with Crippen molar-refractivity contribution in [1.82, 2.24) is 15.0 Å². The molecule has 0 radical (unpaired) electrons. The average Bonchev–Trinajstić information content (AvgIpc) is 2.95. The first-order chi connectivity index (χ1) is 8.63.